The van der Waals surface area contributed by atoms with E-state index in [9.17, 15) is 9.90 Å². The average molecular weight is 314 g/mol. The van der Waals surface area contributed by atoms with Crippen molar-refractivity contribution in [3.8, 4) is 5.75 Å². The number of carbonyl (C=O) groups is 1. The molecule has 1 fully saturated rings. The summed E-state index contributed by atoms with van der Waals surface area (Å²) in [6.07, 6.45) is 1.86. The normalized spacial score (nSPS) is 16.8. The van der Waals surface area contributed by atoms with Gasteiger partial charge >= 0.3 is 6.09 Å². The van der Waals surface area contributed by atoms with Gasteiger partial charge in [-0.3, -0.25) is 0 Å². The average Bonchev–Trinajstić information content (AvgIpc) is 2.34. The van der Waals surface area contributed by atoms with Gasteiger partial charge in [0, 0.05) is 13.1 Å². The van der Waals surface area contributed by atoms with Crippen LogP contribution in [0.3, 0.4) is 0 Å². The van der Waals surface area contributed by atoms with Gasteiger partial charge < -0.3 is 15.1 Å². The zero-order valence-corrected chi connectivity index (χ0v) is 11.6. The standard InChI is InChI=1S/C13H16BrNO3/c14-11-2-1-10(8-12(11)16)7-9-3-5-15(6-4-9)13(17)18/h1-2,8-9,16H,3-7H2,(H,17,18). The maximum Gasteiger partial charge on any atom is 0.407 e. The van der Waals surface area contributed by atoms with Crippen molar-refractivity contribution in [1.29, 1.82) is 0 Å². The number of phenols is 1. The molecule has 1 aliphatic heterocycles. The lowest BCUT2D eigenvalue weighted by Crippen LogP contribution is -2.37. The van der Waals surface area contributed by atoms with Crippen LogP contribution >= 0.6 is 15.9 Å². The van der Waals surface area contributed by atoms with Crippen LogP contribution in [0, 0.1) is 5.92 Å². The minimum Gasteiger partial charge on any atom is -0.507 e. The molecule has 1 aromatic carbocycles. The third-order valence-electron chi connectivity index (χ3n) is 3.42. The van der Waals surface area contributed by atoms with E-state index in [0.29, 0.717) is 23.5 Å². The summed E-state index contributed by atoms with van der Waals surface area (Å²) in [5.41, 5.74) is 1.10. The van der Waals surface area contributed by atoms with Gasteiger partial charge in [-0.1, -0.05) is 6.07 Å². The molecular formula is C13H16BrNO3. The maximum atomic E-state index is 10.8. The zero-order valence-electron chi connectivity index (χ0n) is 9.97. The summed E-state index contributed by atoms with van der Waals surface area (Å²) in [5.74, 6) is 0.761. The molecule has 2 rings (SSSR count). The van der Waals surface area contributed by atoms with Gasteiger partial charge in [0.1, 0.15) is 5.75 Å². The van der Waals surface area contributed by atoms with E-state index in [0.717, 1.165) is 24.8 Å². The number of nitrogens with zero attached hydrogens (tertiary/aromatic N) is 1. The number of aromatic hydroxyl groups is 1. The molecule has 5 heteroatoms. The number of piperidine rings is 1. The lowest BCUT2D eigenvalue weighted by Gasteiger charge is -2.30. The van der Waals surface area contributed by atoms with Gasteiger partial charge in [-0.2, -0.15) is 0 Å². The van der Waals surface area contributed by atoms with Crippen LogP contribution in [0.4, 0.5) is 4.79 Å². The first-order valence-electron chi connectivity index (χ1n) is 6.01. The molecule has 2 N–H and O–H groups in total. The van der Waals surface area contributed by atoms with Crippen molar-refractivity contribution in [1.82, 2.24) is 4.90 Å². The molecule has 0 atom stereocenters. The second kappa shape index (κ2) is 5.61. The zero-order chi connectivity index (χ0) is 13.1. The SMILES string of the molecule is O=C(O)N1CCC(Cc2ccc(Br)c(O)c2)CC1. The lowest BCUT2D eigenvalue weighted by molar-refractivity contribution is 0.124. The first kappa shape index (κ1) is 13.2. The van der Waals surface area contributed by atoms with Crippen molar-refractivity contribution in [3.63, 3.8) is 0 Å². The van der Waals surface area contributed by atoms with Crippen LogP contribution in [0.15, 0.2) is 22.7 Å². The first-order valence-corrected chi connectivity index (χ1v) is 6.81. The molecule has 0 aliphatic carbocycles. The summed E-state index contributed by atoms with van der Waals surface area (Å²) in [6, 6.07) is 5.61. The number of hydrogen-bond acceptors (Lipinski definition) is 2. The molecule has 1 heterocycles. The second-order valence-electron chi connectivity index (χ2n) is 4.70. The number of likely N-dealkylation sites (tertiary alicyclic amines) is 1. The molecule has 18 heavy (non-hydrogen) atoms. The molecule has 1 saturated heterocycles. The molecule has 0 saturated carbocycles. The number of amides is 1. The number of phenolic OH excluding ortho intramolecular Hbond substituents is 1. The summed E-state index contributed by atoms with van der Waals surface area (Å²) in [7, 11) is 0. The van der Waals surface area contributed by atoms with Crippen molar-refractivity contribution in [3.05, 3.63) is 28.2 Å². The number of rotatable bonds is 2. The van der Waals surface area contributed by atoms with E-state index in [4.69, 9.17) is 5.11 Å². The number of halogens is 1. The van der Waals surface area contributed by atoms with E-state index < -0.39 is 6.09 Å². The molecular weight excluding hydrogens is 298 g/mol. The van der Waals surface area contributed by atoms with Crippen molar-refractivity contribution in [2.75, 3.05) is 13.1 Å². The smallest absolute Gasteiger partial charge is 0.407 e. The molecule has 1 amide bonds. The van der Waals surface area contributed by atoms with Crippen LogP contribution in [0.5, 0.6) is 5.75 Å². The highest BCUT2D eigenvalue weighted by atomic mass is 79.9. The summed E-state index contributed by atoms with van der Waals surface area (Å²) < 4.78 is 0.701. The van der Waals surface area contributed by atoms with E-state index in [-0.39, 0.29) is 5.75 Å². The van der Waals surface area contributed by atoms with Crippen LogP contribution < -0.4 is 0 Å². The van der Waals surface area contributed by atoms with E-state index in [1.165, 1.54) is 4.90 Å². The summed E-state index contributed by atoms with van der Waals surface area (Å²) in [5, 5.41) is 18.5. The Labute approximate surface area is 114 Å². The van der Waals surface area contributed by atoms with Gasteiger partial charge in [0.2, 0.25) is 0 Å². The van der Waals surface area contributed by atoms with Crippen LogP contribution in [0.2, 0.25) is 0 Å². The highest BCUT2D eigenvalue weighted by Gasteiger charge is 2.22. The van der Waals surface area contributed by atoms with Gasteiger partial charge in [-0.15, -0.1) is 0 Å². The molecule has 0 unspecified atom stereocenters. The highest BCUT2D eigenvalue weighted by Crippen LogP contribution is 2.27. The Morgan fingerprint density at radius 3 is 2.61 bits per heavy atom. The Balaban J connectivity index is 1.91. The van der Waals surface area contributed by atoms with Crippen LogP contribution in [-0.4, -0.2) is 34.3 Å². The second-order valence-corrected chi connectivity index (χ2v) is 5.56. The molecule has 0 aromatic heterocycles. The minimum atomic E-state index is -0.824. The van der Waals surface area contributed by atoms with Crippen LogP contribution in [0.25, 0.3) is 0 Å². The largest absolute Gasteiger partial charge is 0.507 e. The molecule has 0 bridgehead atoms. The fraction of sp³-hybridized carbons (Fsp3) is 0.462. The molecule has 0 radical (unpaired) electrons. The first-order chi connectivity index (χ1) is 8.56. The maximum absolute atomic E-state index is 10.8. The molecule has 0 spiro atoms. The van der Waals surface area contributed by atoms with Crippen LogP contribution in [0.1, 0.15) is 18.4 Å². The topological polar surface area (TPSA) is 60.8 Å². The van der Waals surface area contributed by atoms with E-state index >= 15 is 0 Å². The van der Waals surface area contributed by atoms with Gasteiger partial charge in [-0.25, -0.2) is 4.79 Å². The van der Waals surface area contributed by atoms with E-state index in [2.05, 4.69) is 15.9 Å². The van der Waals surface area contributed by atoms with Crippen molar-refractivity contribution in [2.45, 2.75) is 19.3 Å². The Morgan fingerprint density at radius 1 is 1.39 bits per heavy atom. The third-order valence-corrected chi connectivity index (χ3v) is 4.09. The van der Waals surface area contributed by atoms with Gasteiger partial charge in [0.15, 0.2) is 0 Å². The fourth-order valence-corrected chi connectivity index (χ4v) is 2.59. The molecule has 1 aromatic rings. The van der Waals surface area contributed by atoms with Gasteiger partial charge in [-0.05, 0) is 58.8 Å². The minimum absolute atomic E-state index is 0.260. The highest BCUT2D eigenvalue weighted by molar-refractivity contribution is 9.10. The van der Waals surface area contributed by atoms with Crippen LogP contribution in [-0.2, 0) is 6.42 Å². The number of hydrogen-bond donors (Lipinski definition) is 2. The predicted octanol–water partition coefficient (Wildman–Crippen LogP) is 3.09. The van der Waals surface area contributed by atoms with Crippen molar-refractivity contribution < 1.29 is 15.0 Å². The lowest BCUT2D eigenvalue weighted by atomic mass is 9.90. The Kier molecular flexibility index (Phi) is 4.11. The van der Waals surface area contributed by atoms with E-state index in [1.807, 2.05) is 12.1 Å². The predicted molar refractivity (Wildman–Crippen MR) is 71.8 cm³/mol. The summed E-state index contributed by atoms with van der Waals surface area (Å²) in [4.78, 5) is 12.3. The van der Waals surface area contributed by atoms with Crippen molar-refractivity contribution >= 4 is 22.0 Å². The molecule has 4 nitrogen and oxygen atoms in total. The van der Waals surface area contributed by atoms with E-state index in [1.54, 1.807) is 6.07 Å². The van der Waals surface area contributed by atoms with Gasteiger partial charge in [0.05, 0.1) is 4.47 Å². The Hall–Kier alpha value is -1.23. The Bertz CT molecular complexity index is 442. The number of carboxylic acid groups (broad SMARTS) is 1. The third kappa shape index (κ3) is 3.16. The summed E-state index contributed by atoms with van der Waals surface area (Å²) in [6.45, 7) is 1.23. The Morgan fingerprint density at radius 2 is 2.06 bits per heavy atom. The fourth-order valence-electron chi connectivity index (χ4n) is 2.35. The molecule has 1 aliphatic rings. The van der Waals surface area contributed by atoms with Gasteiger partial charge in [0.25, 0.3) is 0 Å². The van der Waals surface area contributed by atoms with Crippen molar-refractivity contribution in [2.24, 2.45) is 5.92 Å². The molecule has 98 valence electrons. The number of benzene rings is 1. The summed E-state index contributed by atoms with van der Waals surface area (Å²) >= 11 is 3.26. The quantitative estimate of drug-likeness (QED) is 0.882. The monoisotopic (exact) mass is 313 g/mol.